The Bertz CT molecular complexity index is 588. The number of nitrogens with one attached hydrogen (secondary N) is 1. The summed E-state index contributed by atoms with van der Waals surface area (Å²) in [6, 6.07) is 5.36. The van der Waals surface area contributed by atoms with E-state index in [4.69, 9.17) is 4.42 Å². The first kappa shape index (κ1) is 13.8. The minimum Gasteiger partial charge on any atom is -0.404 e. The van der Waals surface area contributed by atoms with Crippen molar-refractivity contribution in [3.05, 3.63) is 49.4 Å². The molecule has 0 aromatic carbocycles. The van der Waals surface area contributed by atoms with Crippen LogP contribution in [0.4, 0.5) is 5.88 Å². The SMILES string of the molecule is Cc1cc(C(C)NCc2ccc([N+](=O)[O-])o2)c(C)s1. The maximum absolute atomic E-state index is 10.5. The zero-order valence-electron chi connectivity index (χ0n) is 11.1. The molecule has 0 aliphatic rings. The predicted molar refractivity (Wildman–Crippen MR) is 74.4 cm³/mol. The molecule has 1 atom stereocenters. The molecule has 0 saturated carbocycles. The van der Waals surface area contributed by atoms with Crippen molar-refractivity contribution in [3.8, 4) is 0 Å². The molecule has 2 aromatic heterocycles. The Morgan fingerprint density at radius 3 is 2.74 bits per heavy atom. The van der Waals surface area contributed by atoms with E-state index < -0.39 is 4.92 Å². The van der Waals surface area contributed by atoms with Crippen molar-refractivity contribution < 1.29 is 9.34 Å². The first-order valence-electron chi connectivity index (χ1n) is 6.01. The van der Waals surface area contributed by atoms with Crippen LogP contribution in [0.1, 0.15) is 34.0 Å². The maximum Gasteiger partial charge on any atom is 0.433 e. The van der Waals surface area contributed by atoms with Crippen LogP contribution >= 0.6 is 11.3 Å². The normalized spacial score (nSPS) is 12.6. The van der Waals surface area contributed by atoms with E-state index in [1.54, 1.807) is 17.4 Å². The van der Waals surface area contributed by atoms with E-state index in [0.717, 1.165) is 0 Å². The van der Waals surface area contributed by atoms with Crippen LogP contribution in [-0.4, -0.2) is 4.92 Å². The standard InChI is InChI=1S/C13H16N2O3S/c1-8-6-12(10(3)19-8)9(2)14-7-11-4-5-13(18-11)15(16)17/h4-6,9,14H,7H2,1-3H3. The summed E-state index contributed by atoms with van der Waals surface area (Å²) >= 11 is 1.77. The molecule has 0 fully saturated rings. The first-order valence-corrected chi connectivity index (χ1v) is 6.82. The van der Waals surface area contributed by atoms with Gasteiger partial charge in [-0.1, -0.05) is 0 Å². The number of thiophene rings is 1. The summed E-state index contributed by atoms with van der Waals surface area (Å²) in [6.07, 6.45) is 0. The van der Waals surface area contributed by atoms with Crippen LogP contribution in [0.15, 0.2) is 22.6 Å². The van der Waals surface area contributed by atoms with Gasteiger partial charge in [-0.3, -0.25) is 10.1 Å². The molecule has 2 rings (SSSR count). The summed E-state index contributed by atoms with van der Waals surface area (Å²) in [5.74, 6) is 0.357. The number of hydrogen-bond donors (Lipinski definition) is 1. The lowest BCUT2D eigenvalue weighted by atomic mass is 10.1. The van der Waals surface area contributed by atoms with Crippen LogP contribution in [-0.2, 0) is 6.54 Å². The molecule has 1 N–H and O–H groups in total. The van der Waals surface area contributed by atoms with Crippen molar-refractivity contribution in [1.29, 1.82) is 0 Å². The van der Waals surface area contributed by atoms with Gasteiger partial charge in [-0.2, -0.15) is 0 Å². The maximum atomic E-state index is 10.5. The van der Waals surface area contributed by atoms with Crippen LogP contribution in [0.2, 0.25) is 0 Å². The van der Waals surface area contributed by atoms with Gasteiger partial charge >= 0.3 is 5.88 Å². The number of furan rings is 1. The predicted octanol–water partition coefficient (Wildman–Crippen LogP) is 3.72. The fourth-order valence-corrected chi connectivity index (χ4v) is 3.03. The van der Waals surface area contributed by atoms with Crippen molar-refractivity contribution in [3.63, 3.8) is 0 Å². The van der Waals surface area contributed by atoms with Crippen molar-refractivity contribution >= 4 is 17.2 Å². The van der Waals surface area contributed by atoms with Gasteiger partial charge in [0.05, 0.1) is 12.6 Å². The van der Waals surface area contributed by atoms with E-state index >= 15 is 0 Å². The van der Waals surface area contributed by atoms with Crippen molar-refractivity contribution in [2.24, 2.45) is 0 Å². The summed E-state index contributed by atoms with van der Waals surface area (Å²) in [5.41, 5.74) is 1.27. The van der Waals surface area contributed by atoms with E-state index in [1.807, 2.05) is 0 Å². The van der Waals surface area contributed by atoms with E-state index in [9.17, 15) is 10.1 Å². The fourth-order valence-electron chi connectivity index (χ4n) is 2.00. The third kappa shape index (κ3) is 3.21. The van der Waals surface area contributed by atoms with Crippen LogP contribution in [0, 0.1) is 24.0 Å². The quantitative estimate of drug-likeness (QED) is 0.669. The Labute approximate surface area is 115 Å². The Hall–Kier alpha value is -1.66. The molecule has 1 unspecified atom stereocenters. The lowest BCUT2D eigenvalue weighted by Crippen LogP contribution is -2.17. The van der Waals surface area contributed by atoms with Gasteiger partial charge in [0.25, 0.3) is 0 Å². The smallest absolute Gasteiger partial charge is 0.404 e. The summed E-state index contributed by atoms with van der Waals surface area (Å²) in [7, 11) is 0. The van der Waals surface area contributed by atoms with Gasteiger partial charge in [-0.05, 0) is 38.5 Å². The average Bonchev–Trinajstić information content (AvgIpc) is 2.93. The monoisotopic (exact) mass is 280 g/mol. The number of aryl methyl sites for hydroxylation is 2. The molecule has 102 valence electrons. The van der Waals surface area contributed by atoms with Gasteiger partial charge in [0.2, 0.25) is 0 Å². The molecule has 0 amide bonds. The Morgan fingerprint density at radius 1 is 1.47 bits per heavy atom. The molecule has 6 heteroatoms. The van der Waals surface area contributed by atoms with E-state index in [0.29, 0.717) is 12.3 Å². The molecule has 0 saturated heterocycles. The second kappa shape index (κ2) is 5.54. The van der Waals surface area contributed by atoms with Gasteiger partial charge in [-0.15, -0.1) is 11.3 Å². The Balaban J connectivity index is 1.98. The molecular formula is C13H16N2O3S. The molecule has 2 heterocycles. The van der Waals surface area contributed by atoms with Gasteiger partial charge in [0.1, 0.15) is 10.7 Å². The van der Waals surface area contributed by atoms with Gasteiger partial charge in [-0.25, -0.2) is 0 Å². The summed E-state index contributed by atoms with van der Waals surface area (Å²) in [6.45, 7) is 6.74. The third-order valence-electron chi connectivity index (χ3n) is 2.96. The summed E-state index contributed by atoms with van der Waals surface area (Å²) in [5, 5.41) is 13.8. The van der Waals surface area contributed by atoms with Gasteiger partial charge in [0.15, 0.2) is 0 Å². The Kier molecular flexibility index (Phi) is 4.01. The molecule has 0 spiro atoms. The summed E-state index contributed by atoms with van der Waals surface area (Å²) < 4.78 is 5.11. The highest BCUT2D eigenvalue weighted by molar-refractivity contribution is 7.12. The summed E-state index contributed by atoms with van der Waals surface area (Å²) in [4.78, 5) is 12.6. The van der Waals surface area contributed by atoms with Crippen LogP contribution < -0.4 is 5.32 Å². The number of nitrogens with zero attached hydrogens (tertiary/aromatic N) is 1. The van der Waals surface area contributed by atoms with Gasteiger partial charge in [0, 0.05) is 15.8 Å². The largest absolute Gasteiger partial charge is 0.433 e. The molecule has 19 heavy (non-hydrogen) atoms. The van der Waals surface area contributed by atoms with E-state index in [-0.39, 0.29) is 11.9 Å². The number of nitro groups is 1. The lowest BCUT2D eigenvalue weighted by Gasteiger charge is -2.12. The topological polar surface area (TPSA) is 68.3 Å². The van der Waals surface area contributed by atoms with Crippen molar-refractivity contribution in [2.45, 2.75) is 33.4 Å². The molecule has 5 nitrogen and oxygen atoms in total. The lowest BCUT2D eigenvalue weighted by molar-refractivity contribution is -0.402. The molecule has 0 bridgehead atoms. The molecular weight excluding hydrogens is 264 g/mol. The third-order valence-corrected chi connectivity index (χ3v) is 3.94. The number of rotatable bonds is 5. The Morgan fingerprint density at radius 2 is 2.21 bits per heavy atom. The second-order valence-electron chi connectivity index (χ2n) is 4.47. The zero-order valence-corrected chi connectivity index (χ0v) is 11.9. The van der Waals surface area contributed by atoms with Crippen LogP contribution in [0.3, 0.4) is 0 Å². The van der Waals surface area contributed by atoms with Gasteiger partial charge < -0.3 is 9.73 Å². The van der Waals surface area contributed by atoms with E-state index in [1.165, 1.54) is 21.4 Å². The van der Waals surface area contributed by atoms with Crippen molar-refractivity contribution in [2.75, 3.05) is 0 Å². The molecule has 0 radical (unpaired) electrons. The molecule has 0 aliphatic carbocycles. The minimum absolute atomic E-state index is 0.189. The highest BCUT2D eigenvalue weighted by atomic mass is 32.1. The van der Waals surface area contributed by atoms with E-state index in [2.05, 4.69) is 32.2 Å². The second-order valence-corrected chi connectivity index (χ2v) is 5.93. The fraction of sp³-hybridized carbons (Fsp3) is 0.385. The number of hydrogen-bond acceptors (Lipinski definition) is 5. The van der Waals surface area contributed by atoms with Crippen LogP contribution in [0.25, 0.3) is 0 Å². The minimum atomic E-state index is -0.528. The highest BCUT2D eigenvalue weighted by Crippen LogP contribution is 2.26. The zero-order chi connectivity index (χ0) is 14.0. The van der Waals surface area contributed by atoms with Crippen molar-refractivity contribution in [1.82, 2.24) is 5.32 Å². The molecule has 2 aromatic rings. The molecule has 0 aliphatic heterocycles. The average molecular weight is 280 g/mol. The highest BCUT2D eigenvalue weighted by Gasteiger charge is 2.14. The van der Waals surface area contributed by atoms with Crippen LogP contribution in [0.5, 0.6) is 0 Å². The first-order chi connectivity index (χ1) is 8.97.